The minimum absolute atomic E-state index is 0.0288. The van der Waals surface area contributed by atoms with Crippen LogP contribution in [0, 0.1) is 12.7 Å². The van der Waals surface area contributed by atoms with Crippen molar-refractivity contribution in [2.75, 3.05) is 10.8 Å². The zero-order valence-corrected chi connectivity index (χ0v) is 19.2. The molecule has 174 valence electrons. The van der Waals surface area contributed by atoms with Crippen molar-refractivity contribution in [1.82, 2.24) is 4.57 Å². The predicted octanol–water partition coefficient (Wildman–Crippen LogP) is 4.84. The highest BCUT2D eigenvalue weighted by Gasteiger charge is 2.27. The van der Waals surface area contributed by atoms with Gasteiger partial charge in [-0.2, -0.15) is 0 Å². The van der Waals surface area contributed by atoms with Gasteiger partial charge in [-0.15, -0.1) is 10.2 Å². The van der Waals surface area contributed by atoms with Crippen molar-refractivity contribution in [1.29, 1.82) is 0 Å². The van der Waals surface area contributed by atoms with E-state index in [0.29, 0.717) is 10.9 Å². The molecule has 3 aromatic carbocycles. The summed E-state index contributed by atoms with van der Waals surface area (Å²) in [4.78, 5) is 12.7. The molecule has 0 bridgehead atoms. The highest BCUT2D eigenvalue weighted by molar-refractivity contribution is 7.92. The van der Waals surface area contributed by atoms with Crippen LogP contribution >= 0.6 is 0 Å². The van der Waals surface area contributed by atoms with Gasteiger partial charge < -0.3 is 9.67 Å². The van der Waals surface area contributed by atoms with E-state index in [1.165, 1.54) is 28.8 Å². The first-order valence-electron chi connectivity index (χ1n) is 10.2. The third-order valence-electron chi connectivity index (χ3n) is 5.31. The molecule has 0 fully saturated rings. The molecule has 8 nitrogen and oxygen atoms in total. The van der Waals surface area contributed by atoms with Crippen LogP contribution < -0.4 is 4.31 Å². The third-order valence-corrected chi connectivity index (χ3v) is 7.10. The first kappa shape index (κ1) is 23.1. The van der Waals surface area contributed by atoms with Crippen molar-refractivity contribution in [2.45, 2.75) is 11.8 Å². The molecular formula is C24H21FN4O4S. The molecule has 1 amide bonds. The lowest BCUT2D eigenvalue weighted by atomic mass is 10.2. The van der Waals surface area contributed by atoms with E-state index < -0.39 is 28.3 Å². The standard InChI is InChI=1S/C24H21FN4O4S/c1-16-7-13-19(14-8-16)34(32,33)29(18-11-9-17(25)10-12-18)15-22(30)26-27-23-20-5-3-4-6-21(20)28(2)24(23)31/h3-14,31H,15H2,1-2H3. The van der Waals surface area contributed by atoms with Gasteiger partial charge in [-0.05, 0) is 49.4 Å². The van der Waals surface area contributed by atoms with Crippen LogP contribution in [0.3, 0.4) is 0 Å². The highest BCUT2D eigenvalue weighted by Crippen LogP contribution is 2.37. The number of hydrogen-bond donors (Lipinski definition) is 1. The summed E-state index contributed by atoms with van der Waals surface area (Å²) in [5.41, 5.74) is 1.75. The Morgan fingerprint density at radius 2 is 1.68 bits per heavy atom. The van der Waals surface area contributed by atoms with Gasteiger partial charge in [0.05, 0.1) is 16.1 Å². The minimum Gasteiger partial charge on any atom is -0.493 e. The summed E-state index contributed by atoms with van der Waals surface area (Å²) in [6.45, 7) is 1.15. The Balaban J connectivity index is 1.68. The van der Waals surface area contributed by atoms with Gasteiger partial charge in [-0.3, -0.25) is 9.10 Å². The van der Waals surface area contributed by atoms with Crippen LogP contribution in [0.15, 0.2) is 87.9 Å². The van der Waals surface area contributed by atoms with E-state index in [1.54, 1.807) is 43.4 Å². The number of sulfonamides is 1. The van der Waals surface area contributed by atoms with Crippen molar-refractivity contribution >= 4 is 38.2 Å². The third kappa shape index (κ3) is 4.40. The molecule has 0 saturated heterocycles. The largest absolute Gasteiger partial charge is 0.493 e. The predicted molar refractivity (Wildman–Crippen MR) is 126 cm³/mol. The molecule has 4 rings (SSSR count). The second-order valence-electron chi connectivity index (χ2n) is 7.64. The fourth-order valence-corrected chi connectivity index (χ4v) is 4.89. The summed E-state index contributed by atoms with van der Waals surface area (Å²) in [5, 5.41) is 18.5. The van der Waals surface area contributed by atoms with Gasteiger partial charge in [0.2, 0.25) is 5.88 Å². The number of nitrogens with zero attached hydrogens (tertiary/aromatic N) is 4. The van der Waals surface area contributed by atoms with Gasteiger partial charge in [-0.25, -0.2) is 12.8 Å². The number of aromatic hydroxyl groups is 1. The molecule has 1 heterocycles. The van der Waals surface area contributed by atoms with E-state index in [4.69, 9.17) is 0 Å². The maximum Gasteiger partial charge on any atom is 0.285 e. The number of hydrogen-bond acceptors (Lipinski definition) is 5. The van der Waals surface area contributed by atoms with Gasteiger partial charge in [-0.1, -0.05) is 35.9 Å². The van der Waals surface area contributed by atoms with Crippen molar-refractivity contribution in [2.24, 2.45) is 17.3 Å². The monoisotopic (exact) mass is 480 g/mol. The van der Waals surface area contributed by atoms with E-state index in [9.17, 15) is 22.7 Å². The van der Waals surface area contributed by atoms with Crippen LogP contribution in [0.2, 0.25) is 0 Å². The van der Waals surface area contributed by atoms with Crippen LogP contribution in [0.25, 0.3) is 10.9 Å². The maximum absolute atomic E-state index is 13.5. The molecule has 0 saturated carbocycles. The molecule has 0 radical (unpaired) electrons. The molecule has 10 heteroatoms. The Morgan fingerprint density at radius 3 is 2.35 bits per heavy atom. The lowest BCUT2D eigenvalue weighted by Crippen LogP contribution is -2.35. The summed E-state index contributed by atoms with van der Waals surface area (Å²) in [5.74, 6) is -1.60. The summed E-state index contributed by atoms with van der Waals surface area (Å²) in [6.07, 6.45) is 0. The second kappa shape index (κ2) is 9.06. The van der Waals surface area contributed by atoms with Crippen molar-refractivity contribution in [3.05, 3.63) is 84.2 Å². The van der Waals surface area contributed by atoms with Crippen LogP contribution in [-0.4, -0.2) is 30.5 Å². The van der Waals surface area contributed by atoms with Gasteiger partial charge in [0.1, 0.15) is 12.4 Å². The normalized spacial score (nSPS) is 11.9. The summed E-state index contributed by atoms with van der Waals surface area (Å²) in [6, 6.07) is 17.9. The second-order valence-corrected chi connectivity index (χ2v) is 9.51. The average molecular weight is 481 g/mol. The Kier molecular flexibility index (Phi) is 6.16. The topological polar surface area (TPSA) is 104 Å². The minimum atomic E-state index is -4.17. The number of halogens is 1. The molecule has 4 aromatic rings. The smallest absolute Gasteiger partial charge is 0.285 e. The van der Waals surface area contributed by atoms with Gasteiger partial charge in [0, 0.05) is 12.4 Å². The highest BCUT2D eigenvalue weighted by atomic mass is 32.2. The molecule has 1 N–H and O–H groups in total. The van der Waals surface area contributed by atoms with Crippen molar-refractivity contribution < 1.29 is 22.7 Å². The van der Waals surface area contributed by atoms with E-state index in [2.05, 4.69) is 10.2 Å². The van der Waals surface area contributed by atoms with E-state index in [1.807, 2.05) is 6.92 Å². The number of aromatic nitrogens is 1. The Bertz CT molecular complexity index is 1490. The average Bonchev–Trinajstić information content (AvgIpc) is 3.07. The van der Waals surface area contributed by atoms with Crippen LogP contribution in [0.4, 0.5) is 15.8 Å². The number of aryl methyl sites for hydroxylation is 2. The molecule has 0 aliphatic rings. The van der Waals surface area contributed by atoms with E-state index in [0.717, 1.165) is 22.0 Å². The zero-order chi connectivity index (χ0) is 24.5. The fourth-order valence-electron chi connectivity index (χ4n) is 3.48. The summed E-state index contributed by atoms with van der Waals surface area (Å²) in [7, 11) is -2.52. The van der Waals surface area contributed by atoms with Crippen molar-refractivity contribution in [3.8, 4) is 5.88 Å². The number of amides is 1. The van der Waals surface area contributed by atoms with Gasteiger partial charge in [0.25, 0.3) is 15.9 Å². The molecule has 0 aliphatic carbocycles. The summed E-state index contributed by atoms with van der Waals surface area (Å²) >= 11 is 0. The SMILES string of the molecule is Cc1ccc(S(=O)(=O)N(CC(=O)N=Nc2c(O)n(C)c3ccccc23)c2ccc(F)cc2)cc1. The molecule has 0 unspecified atom stereocenters. The lowest BCUT2D eigenvalue weighted by Gasteiger charge is -2.23. The van der Waals surface area contributed by atoms with Crippen LogP contribution in [0.5, 0.6) is 5.88 Å². The molecule has 0 spiro atoms. The Labute approximate surface area is 195 Å². The molecule has 1 aromatic heterocycles. The first-order valence-corrected chi connectivity index (χ1v) is 11.7. The number of para-hydroxylation sites is 1. The fraction of sp³-hybridized carbons (Fsp3) is 0.125. The zero-order valence-electron chi connectivity index (χ0n) is 18.4. The molecule has 34 heavy (non-hydrogen) atoms. The number of carbonyl (C=O) groups is 1. The molecule has 0 aliphatic heterocycles. The lowest BCUT2D eigenvalue weighted by molar-refractivity contribution is -0.116. The summed E-state index contributed by atoms with van der Waals surface area (Å²) < 4.78 is 42.5. The Hall–Kier alpha value is -4.05. The van der Waals surface area contributed by atoms with E-state index in [-0.39, 0.29) is 22.2 Å². The number of fused-ring (bicyclic) bond motifs is 1. The quantitative estimate of drug-likeness (QED) is 0.399. The first-order chi connectivity index (χ1) is 16.2. The van der Waals surface area contributed by atoms with Crippen molar-refractivity contribution in [3.63, 3.8) is 0 Å². The molecular weight excluding hydrogens is 459 g/mol. The van der Waals surface area contributed by atoms with Crippen LogP contribution in [0.1, 0.15) is 5.56 Å². The van der Waals surface area contributed by atoms with Gasteiger partial charge >= 0.3 is 0 Å². The number of benzene rings is 3. The number of anilines is 1. The van der Waals surface area contributed by atoms with Gasteiger partial charge in [0.15, 0.2) is 5.69 Å². The number of rotatable bonds is 6. The maximum atomic E-state index is 13.5. The van der Waals surface area contributed by atoms with Crippen LogP contribution in [-0.2, 0) is 21.9 Å². The Morgan fingerprint density at radius 1 is 1.03 bits per heavy atom. The number of azo groups is 1. The van der Waals surface area contributed by atoms with E-state index >= 15 is 0 Å². The number of carbonyl (C=O) groups excluding carboxylic acids is 1. The molecule has 0 atom stereocenters.